The van der Waals surface area contributed by atoms with Gasteiger partial charge in [-0.1, -0.05) is 19.9 Å². The third-order valence-corrected chi connectivity index (χ3v) is 3.25. The highest BCUT2D eigenvalue weighted by Crippen LogP contribution is 2.22. The summed E-state index contributed by atoms with van der Waals surface area (Å²) in [7, 11) is 0. The second-order valence-electron chi connectivity index (χ2n) is 5.63. The van der Waals surface area contributed by atoms with Crippen molar-refractivity contribution in [2.24, 2.45) is 5.92 Å². The van der Waals surface area contributed by atoms with E-state index in [2.05, 4.69) is 10.6 Å². The number of hydrogen-bond donors (Lipinski definition) is 2. The molecule has 1 atom stereocenters. The minimum absolute atomic E-state index is 0.116. The SMILES string of the molecule is CC(C)CNC(=O)NC1CC(=O)N(c2cccc(F)c2)C1. The Morgan fingerprint density at radius 2 is 2.24 bits per heavy atom. The summed E-state index contributed by atoms with van der Waals surface area (Å²) < 4.78 is 13.2. The minimum Gasteiger partial charge on any atom is -0.338 e. The van der Waals surface area contributed by atoms with Crippen molar-refractivity contribution in [3.8, 4) is 0 Å². The predicted octanol–water partition coefficient (Wildman–Crippen LogP) is 1.89. The number of benzene rings is 1. The molecule has 21 heavy (non-hydrogen) atoms. The Bertz CT molecular complexity index is 533. The fourth-order valence-electron chi connectivity index (χ4n) is 2.23. The van der Waals surface area contributed by atoms with Crippen molar-refractivity contribution in [2.45, 2.75) is 26.3 Å². The Morgan fingerprint density at radius 1 is 1.48 bits per heavy atom. The molecule has 1 heterocycles. The van der Waals surface area contributed by atoms with Gasteiger partial charge in [0.1, 0.15) is 5.82 Å². The average molecular weight is 293 g/mol. The number of urea groups is 1. The maximum Gasteiger partial charge on any atom is 0.315 e. The molecule has 1 fully saturated rings. The molecule has 1 aromatic rings. The molecule has 0 radical (unpaired) electrons. The lowest BCUT2D eigenvalue weighted by molar-refractivity contribution is -0.117. The van der Waals surface area contributed by atoms with Crippen LogP contribution in [0.3, 0.4) is 0 Å². The van der Waals surface area contributed by atoms with Crippen LogP contribution in [-0.2, 0) is 4.79 Å². The van der Waals surface area contributed by atoms with Gasteiger partial charge in [-0.25, -0.2) is 9.18 Å². The fourth-order valence-corrected chi connectivity index (χ4v) is 2.23. The molecule has 0 saturated carbocycles. The van der Waals surface area contributed by atoms with E-state index in [4.69, 9.17) is 0 Å². The van der Waals surface area contributed by atoms with Crippen molar-refractivity contribution in [3.63, 3.8) is 0 Å². The largest absolute Gasteiger partial charge is 0.338 e. The van der Waals surface area contributed by atoms with Crippen LogP contribution in [0.15, 0.2) is 24.3 Å². The first-order valence-corrected chi connectivity index (χ1v) is 7.06. The molecular formula is C15H20FN3O2. The van der Waals surface area contributed by atoms with Crippen molar-refractivity contribution in [3.05, 3.63) is 30.1 Å². The van der Waals surface area contributed by atoms with E-state index in [9.17, 15) is 14.0 Å². The molecule has 1 aromatic carbocycles. The molecule has 2 rings (SSSR count). The molecule has 0 aromatic heterocycles. The van der Waals surface area contributed by atoms with Crippen LogP contribution in [0.1, 0.15) is 20.3 Å². The number of halogens is 1. The Labute approximate surface area is 123 Å². The lowest BCUT2D eigenvalue weighted by Crippen LogP contribution is -2.44. The summed E-state index contributed by atoms with van der Waals surface area (Å²) in [5.41, 5.74) is 0.520. The lowest BCUT2D eigenvalue weighted by Gasteiger charge is -2.17. The van der Waals surface area contributed by atoms with Gasteiger partial charge in [0, 0.05) is 25.2 Å². The van der Waals surface area contributed by atoms with Gasteiger partial charge in [0.2, 0.25) is 5.91 Å². The minimum atomic E-state index is -0.383. The predicted molar refractivity (Wildman–Crippen MR) is 78.5 cm³/mol. The fraction of sp³-hybridized carbons (Fsp3) is 0.467. The van der Waals surface area contributed by atoms with Crippen LogP contribution in [0.25, 0.3) is 0 Å². The highest BCUT2D eigenvalue weighted by atomic mass is 19.1. The van der Waals surface area contributed by atoms with Gasteiger partial charge in [-0.2, -0.15) is 0 Å². The molecule has 3 amide bonds. The normalized spacial score (nSPS) is 18.2. The zero-order valence-electron chi connectivity index (χ0n) is 12.2. The van der Waals surface area contributed by atoms with Crippen LogP contribution in [0, 0.1) is 11.7 Å². The lowest BCUT2D eigenvalue weighted by atomic mass is 10.2. The van der Waals surface area contributed by atoms with Crippen LogP contribution < -0.4 is 15.5 Å². The Balaban J connectivity index is 1.92. The third-order valence-electron chi connectivity index (χ3n) is 3.25. The van der Waals surface area contributed by atoms with E-state index in [1.54, 1.807) is 12.1 Å². The van der Waals surface area contributed by atoms with E-state index in [0.717, 1.165) is 0 Å². The number of hydrogen-bond acceptors (Lipinski definition) is 2. The summed E-state index contributed by atoms with van der Waals surface area (Å²) >= 11 is 0. The molecule has 1 aliphatic rings. The number of nitrogens with one attached hydrogen (secondary N) is 2. The van der Waals surface area contributed by atoms with Crippen molar-refractivity contribution in [2.75, 3.05) is 18.0 Å². The van der Waals surface area contributed by atoms with E-state index in [-0.39, 0.29) is 30.2 Å². The molecule has 5 nitrogen and oxygen atoms in total. The van der Waals surface area contributed by atoms with E-state index in [1.165, 1.54) is 17.0 Å². The smallest absolute Gasteiger partial charge is 0.315 e. The first-order chi connectivity index (χ1) is 9.95. The maximum atomic E-state index is 13.2. The Kier molecular flexibility index (Phi) is 4.77. The van der Waals surface area contributed by atoms with Gasteiger partial charge in [-0.15, -0.1) is 0 Å². The third kappa shape index (κ3) is 4.18. The molecule has 1 saturated heterocycles. The van der Waals surface area contributed by atoms with Crippen LogP contribution in [-0.4, -0.2) is 31.1 Å². The van der Waals surface area contributed by atoms with Gasteiger partial charge in [-0.3, -0.25) is 4.79 Å². The zero-order valence-corrected chi connectivity index (χ0v) is 12.2. The summed E-state index contributed by atoms with van der Waals surface area (Å²) in [5, 5.41) is 5.52. The van der Waals surface area contributed by atoms with Crippen molar-refractivity contribution in [1.29, 1.82) is 0 Å². The first-order valence-electron chi connectivity index (χ1n) is 7.06. The molecule has 0 spiro atoms. The van der Waals surface area contributed by atoms with Gasteiger partial charge in [0.15, 0.2) is 0 Å². The van der Waals surface area contributed by atoms with Crippen LogP contribution >= 0.6 is 0 Å². The molecule has 1 unspecified atom stereocenters. The Morgan fingerprint density at radius 3 is 2.90 bits per heavy atom. The van der Waals surface area contributed by atoms with Gasteiger partial charge < -0.3 is 15.5 Å². The van der Waals surface area contributed by atoms with E-state index in [0.29, 0.717) is 24.7 Å². The van der Waals surface area contributed by atoms with Crippen molar-refractivity contribution >= 4 is 17.6 Å². The number of carbonyl (C=O) groups excluding carboxylic acids is 2. The molecule has 114 valence electrons. The number of amides is 3. The van der Waals surface area contributed by atoms with Crippen molar-refractivity contribution < 1.29 is 14.0 Å². The summed E-state index contributed by atoms with van der Waals surface area (Å²) in [6.45, 7) is 4.95. The monoisotopic (exact) mass is 293 g/mol. The molecule has 2 N–H and O–H groups in total. The maximum absolute atomic E-state index is 13.2. The number of rotatable bonds is 4. The van der Waals surface area contributed by atoms with Crippen LogP contribution in [0.4, 0.5) is 14.9 Å². The number of anilines is 1. The second kappa shape index (κ2) is 6.56. The Hall–Kier alpha value is -2.11. The summed E-state index contributed by atoms with van der Waals surface area (Å²) in [6, 6.07) is 5.37. The average Bonchev–Trinajstić information content (AvgIpc) is 2.77. The molecule has 1 aliphatic heterocycles. The standard InChI is InChI=1S/C15H20FN3O2/c1-10(2)8-17-15(21)18-12-7-14(20)19(9-12)13-5-3-4-11(16)6-13/h3-6,10,12H,7-9H2,1-2H3,(H2,17,18,21). The van der Waals surface area contributed by atoms with Gasteiger partial charge in [0.05, 0.1) is 6.04 Å². The highest BCUT2D eigenvalue weighted by Gasteiger charge is 2.31. The van der Waals surface area contributed by atoms with Crippen molar-refractivity contribution in [1.82, 2.24) is 10.6 Å². The van der Waals surface area contributed by atoms with Gasteiger partial charge in [0.25, 0.3) is 0 Å². The molecular weight excluding hydrogens is 273 g/mol. The first kappa shape index (κ1) is 15.3. The summed E-state index contributed by atoms with van der Waals surface area (Å²) in [4.78, 5) is 25.2. The van der Waals surface area contributed by atoms with Gasteiger partial charge in [-0.05, 0) is 24.1 Å². The number of nitrogens with zero attached hydrogens (tertiary/aromatic N) is 1. The topological polar surface area (TPSA) is 61.4 Å². The van der Waals surface area contributed by atoms with E-state index < -0.39 is 0 Å². The van der Waals surface area contributed by atoms with E-state index >= 15 is 0 Å². The number of carbonyl (C=O) groups is 2. The van der Waals surface area contributed by atoms with Crippen LogP contribution in [0.2, 0.25) is 0 Å². The van der Waals surface area contributed by atoms with E-state index in [1.807, 2.05) is 13.8 Å². The second-order valence-corrected chi connectivity index (χ2v) is 5.63. The molecule has 0 aliphatic carbocycles. The quantitative estimate of drug-likeness (QED) is 0.890. The summed E-state index contributed by atoms with van der Waals surface area (Å²) in [5.74, 6) is -0.133. The van der Waals surface area contributed by atoms with Crippen LogP contribution in [0.5, 0.6) is 0 Å². The van der Waals surface area contributed by atoms with Gasteiger partial charge >= 0.3 is 6.03 Å². The molecule has 0 bridgehead atoms. The summed E-state index contributed by atoms with van der Waals surface area (Å²) in [6.07, 6.45) is 0.228. The zero-order chi connectivity index (χ0) is 15.4. The molecule has 6 heteroatoms. The highest BCUT2D eigenvalue weighted by molar-refractivity contribution is 5.96.